The van der Waals surface area contributed by atoms with E-state index in [0.717, 1.165) is 31.1 Å². The molecular formula is C11H19N3OS. The van der Waals surface area contributed by atoms with E-state index in [1.54, 1.807) is 0 Å². The van der Waals surface area contributed by atoms with Crippen LogP contribution < -0.4 is 5.32 Å². The monoisotopic (exact) mass is 241 g/mol. The first kappa shape index (κ1) is 11.9. The van der Waals surface area contributed by atoms with Crippen molar-refractivity contribution in [3.05, 3.63) is 11.7 Å². The number of rotatable bonds is 5. The van der Waals surface area contributed by atoms with Crippen molar-refractivity contribution in [1.82, 2.24) is 15.5 Å². The van der Waals surface area contributed by atoms with Gasteiger partial charge in [-0.2, -0.15) is 16.7 Å². The number of hydrogen-bond acceptors (Lipinski definition) is 5. The highest BCUT2D eigenvalue weighted by molar-refractivity contribution is 7.99. The van der Waals surface area contributed by atoms with Crippen LogP contribution in [0.4, 0.5) is 0 Å². The minimum absolute atomic E-state index is 0.698. The van der Waals surface area contributed by atoms with E-state index in [-0.39, 0.29) is 0 Å². The lowest BCUT2D eigenvalue weighted by Gasteiger charge is -2.19. The van der Waals surface area contributed by atoms with Crippen LogP contribution in [0.3, 0.4) is 0 Å². The summed E-state index contributed by atoms with van der Waals surface area (Å²) in [7, 11) is 1.93. The molecule has 1 aliphatic rings. The largest absolute Gasteiger partial charge is 0.339 e. The summed E-state index contributed by atoms with van der Waals surface area (Å²) in [5.41, 5.74) is 0. The van der Waals surface area contributed by atoms with E-state index >= 15 is 0 Å². The molecule has 0 amide bonds. The second-order valence-corrected chi connectivity index (χ2v) is 5.56. The third-order valence-corrected chi connectivity index (χ3v) is 4.18. The van der Waals surface area contributed by atoms with Crippen molar-refractivity contribution in [2.45, 2.75) is 37.4 Å². The van der Waals surface area contributed by atoms with Gasteiger partial charge in [-0.05, 0) is 25.6 Å². The number of nitrogens with zero attached hydrogens (tertiary/aromatic N) is 2. The van der Waals surface area contributed by atoms with Crippen molar-refractivity contribution in [2.75, 3.05) is 19.3 Å². The smallest absolute Gasteiger partial charge is 0.227 e. The topological polar surface area (TPSA) is 51.0 Å². The molecule has 0 saturated carbocycles. The average Bonchev–Trinajstić information content (AvgIpc) is 2.75. The molecule has 1 unspecified atom stereocenters. The van der Waals surface area contributed by atoms with Crippen LogP contribution >= 0.6 is 11.8 Å². The summed E-state index contributed by atoms with van der Waals surface area (Å²) in [6.45, 7) is 0.889. The van der Waals surface area contributed by atoms with E-state index in [0.29, 0.717) is 5.25 Å². The molecule has 1 atom stereocenters. The fourth-order valence-corrected chi connectivity index (χ4v) is 3.18. The number of hydrogen-bond donors (Lipinski definition) is 1. The Kier molecular flexibility index (Phi) is 4.66. The van der Waals surface area contributed by atoms with E-state index in [9.17, 15) is 0 Å². The average molecular weight is 241 g/mol. The van der Waals surface area contributed by atoms with Gasteiger partial charge < -0.3 is 9.84 Å². The zero-order valence-corrected chi connectivity index (χ0v) is 10.6. The predicted octanol–water partition coefficient (Wildman–Crippen LogP) is 1.66. The van der Waals surface area contributed by atoms with Gasteiger partial charge >= 0.3 is 0 Å². The van der Waals surface area contributed by atoms with Crippen LogP contribution in [-0.4, -0.2) is 34.7 Å². The molecule has 0 aromatic carbocycles. The molecule has 16 heavy (non-hydrogen) atoms. The van der Waals surface area contributed by atoms with Gasteiger partial charge in [-0.15, -0.1) is 0 Å². The maximum absolute atomic E-state index is 5.20. The van der Waals surface area contributed by atoms with Crippen molar-refractivity contribution >= 4 is 11.8 Å². The molecule has 1 saturated heterocycles. The SMILES string of the molecule is CNCCc1nc(CC2CCCCS2)no1. The number of nitrogens with one attached hydrogen (secondary N) is 1. The van der Waals surface area contributed by atoms with Gasteiger partial charge in [-0.3, -0.25) is 0 Å². The van der Waals surface area contributed by atoms with Crippen molar-refractivity contribution in [1.29, 1.82) is 0 Å². The summed E-state index contributed by atoms with van der Waals surface area (Å²) in [5.74, 6) is 2.92. The lowest BCUT2D eigenvalue weighted by atomic mass is 10.1. The third-order valence-electron chi connectivity index (χ3n) is 2.78. The summed E-state index contributed by atoms with van der Waals surface area (Å²) in [4.78, 5) is 4.41. The second kappa shape index (κ2) is 6.25. The summed E-state index contributed by atoms with van der Waals surface area (Å²) in [5, 5.41) is 7.81. The normalized spacial score (nSPS) is 21.2. The molecule has 5 heteroatoms. The lowest BCUT2D eigenvalue weighted by Crippen LogP contribution is -2.13. The molecule has 0 bridgehead atoms. The molecule has 1 aliphatic heterocycles. The van der Waals surface area contributed by atoms with Crippen LogP contribution in [-0.2, 0) is 12.8 Å². The molecule has 1 aromatic heterocycles. The maximum atomic E-state index is 5.20. The number of aromatic nitrogens is 2. The highest BCUT2D eigenvalue weighted by atomic mass is 32.2. The summed E-state index contributed by atoms with van der Waals surface area (Å²) in [6, 6.07) is 0. The molecule has 2 heterocycles. The number of likely N-dealkylation sites (N-methyl/N-ethyl adjacent to an activating group) is 1. The molecule has 0 spiro atoms. The van der Waals surface area contributed by atoms with Gasteiger partial charge in [0.1, 0.15) is 0 Å². The summed E-state index contributed by atoms with van der Waals surface area (Å²) < 4.78 is 5.20. The predicted molar refractivity (Wildman–Crippen MR) is 65.7 cm³/mol. The highest BCUT2D eigenvalue weighted by Gasteiger charge is 2.17. The minimum atomic E-state index is 0.698. The summed E-state index contributed by atoms with van der Waals surface area (Å²) >= 11 is 2.05. The molecule has 4 nitrogen and oxygen atoms in total. The van der Waals surface area contributed by atoms with Gasteiger partial charge in [-0.25, -0.2) is 0 Å². The van der Waals surface area contributed by atoms with Crippen LogP contribution in [0.2, 0.25) is 0 Å². The molecule has 1 aromatic rings. The molecule has 0 radical (unpaired) electrons. The Balaban J connectivity index is 1.81. The van der Waals surface area contributed by atoms with E-state index in [4.69, 9.17) is 4.52 Å². The van der Waals surface area contributed by atoms with E-state index in [2.05, 4.69) is 27.2 Å². The first-order valence-corrected chi connectivity index (χ1v) is 7.01. The Bertz CT molecular complexity index is 310. The minimum Gasteiger partial charge on any atom is -0.339 e. The molecular weight excluding hydrogens is 222 g/mol. The second-order valence-electron chi connectivity index (χ2n) is 4.15. The Morgan fingerprint density at radius 1 is 1.50 bits per heavy atom. The molecule has 90 valence electrons. The van der Waals surface area contributed by atoms with Gasteiger partial charge in [0, 0.05) is 24.6 Å². The zero-order valence-electron chi connectivity index (χ0n) is 9.74. The Morgan fingerprint density at radius 3 is 3.19 bits per heavy atom. The van der Waals surface area contributed by atoms with Crippen molar-refractivity contribution in [3.8, 4) is 0 Å². The highest BCUT2D eigenvalue weighted by Crippen LogP contribution is 2.27. The van der Waals surface area contributed by atoms with Crippen molar-refractivity contribution < 1.29 is 4.52 Å². The molecule has 0 aliphatic carbocycles. The van der Waals surface area contributed by atoms with E-state index < -0.39 is 0 Å². The van der Waals surface area contributed by atoms with Crippen LogP contribution in [0.25, 0.3) is 0 Å². The van der Waals surface area contributed by atoms with Crippen LogP contribution in [0.15, 0.2) is 4.52 Å². The quantitative estimate of drug-likeness (QED) is 0.849. The van der Waals surface area contributed by atoms with Crippen molar-refractivity contribution in [2.24, 2.45) is 0 Å². The number of thioether (sulfide) groups is 1. The van der Waals surface area contributed by atoms with Gasteiger partial charge in [-0.1, -0.05) is 11.6 Å². The van der Waals surface area contributed by atoms with Crippen LogP contribution in [0, 0.1) is 0 Å². The third kappa shape index (κ3) is 3.49. The van der Waals surface area contributed by atoms with Gasteiger partial charge in [0.2, 0.25) is 5.89 Å². The van der Waals surface area contributed by atoms with Gasteiger partial charge in [0.25, 0.3) is 0 Å². The van der Waals surface area contributed by atoms with Gasteiger partial charge in [0.15, 0.2) is 5.82 Å². The Labute approximate surface area is 101 Å². The van der Waals surface area contributed by atoms with Crippen LogP contribution in [0.5, 0.6) is 0 Å². The van der Waals surface area contributed by atoms with E-state index in [1.807, 2.05) is 7.05 Å². The van der Waals surface area contributed by atoms with Gasteiger partial charge in [0.05, 0.1) is 0 Å². The van der Waals surface area contributed by atoms with E-state index in [1.165, 1.54) is 25.0 Å². The first-order valence-electron chi connectivity index (χ1n) is 5.96. The standard InChI is InChI=1S/C11H19N3OS/c1-12-6-5-11-13-10(14-15-11)8-9-4-2-3-7-16-9/h9,12H,2-8H2,1H3. The molecule has 1 N–H and O–H groups in total. The maximum Gasteiger partial charge on any atom is 0.227 e. The molecule has 1 fully saturated rings. The first-order chi connectivity index (χ1) is 7.88. The molecule has 2 rings (SSSR count). The lowest BCUT2D eigenvalue weighted by molar-refractivity contribution is 0.371. The fourth-order valence-electron chi connectivity index (χ4n) is 1.88. The van der Waals surface area contributed by atoms with Crippen LogP contribution in [0.1, 0.15) is 31.0 Å². The zero-order chi connectivity index (χ0) is 11.2. The summed E-state index contributed by atoms with van der Waals surface area (Å²) in [6.07, 6.45) is 5.79. The Hall–Kier alpha value is -0.550. The Morgan fingerprint density at radius 2 is 2.44 bits per heavy atom. The van der Waals surface area contributed by atoms with Crippen molar-refractivity contribution in [3.63, 3.8) is 0 Å². The fraction of sp³-hybridized carbons (Fsp3) is 0.818.